The fourth-order valence-corrected chi connectivity index (χ4v) is 2.18. The van der Waals surface area contributed by atoms with E-state index in [1.165, 1.54) is 11.1 Å². The van der Waals surface area contributed by atoms with Gasteiger partial charge in [-0.1, -0.05) is 13.0 Å². The summed E-state index contributed by atoms with van der Waals surface area (Å²) in [5, 5.41) is 3.00. The Morgan fingerprint density at radius 1 is 1.28 bits per heavy atom. The van der Waals surface area contributed by atoms with Gasteiger partial charge >= 0.3 is 0 Å². The summed E-state index contributed by atoms with van der Waals surface area (Å²) >= 11 is 0. The normalized spacial score (nSPS) is 12.2. The van der Waals surface area contributed by atoms with Crippen LogP contribution < -0.4 is 11.1 Å². The van der Waals surface area contributed by atoms with E-state index in [0.717, 1.165) is 24.9 Å². The van der Waals surface area contributed by atoms with E-state index in [0.29, 0.717) is 6.54 Å². The Hall–Kier alpha value is -1.35. The first kappa shape index (κ1) is 14.7. The van der Waals surface area contributed by atoms with Gasteiger partial charge in [-0.3, -0.25) is 4.79 Å². The lowest BCUT2D eigenvalue weighted by Crippen LogP contribution is -2.23. The van der Waals surface area contributed by atoms with E-state index in [9.17, 15) is 4.79 Å². The topological polar surface area (TPSA) is 55.1 Å². The number of carbonyl (C=O) groups excluding carboxylic acids is 1. The van der Waals surface area contributed by atoms with Gasteiger partial charge in [0.05, 0.1) is 0 Å². The zero-order chi connectivity index (χ0) is 13.5. The van der Waals surface area contributed by atoms with Gasteiger partial charge in [0.2, 0.25) is 5.91 Å². The predicted octanol–water partition coefficient (Wildman–Crippen LogP) is 3.01. The second kappa shape index (κ2) is 7.17. The van der Waals surface area contributed by atoms with E-state index in [-0.39, 0.29) is 11.8 Å². The van der Waals surface area contributed by atoms with Crippen molar-refractivity contribution in [3.05, 3.63) is 29.3 Å². The van der Waals surface area contributed by atoms with Crippen LogP contribution in [0.25, 0.3) is 0 Å². The molecule has 0 aliphatic heterocycles. The maximum atomic E-state index is 12.1. The summed E-state index contributed by atoms with van der Waals surface area (Å²) in [5.41, 5.74) is 8.72. The molecule has 1 aromatic rings. The zero-order valence-corrected chi connectivity index (χ0v) is 11.6. The van der Waals surface area contributed by atoms with Gasteiger partial charge in [0.1, 0.15) is 0 Å². The summed E-state index contributed by atoms with van der Waals surface area (Å²) < 4.78 is 0. The molecule has 0 radical (unpaired) electrons. The van der Waals surface area contributed by atoms with Gasteiger partial charge in [-0.05, 0) is 62.9 Å². The Balaban J connectivity index is 2.67. The Bertz CT molecular complexity index is 381. The number of hydrogen-bond acceptors (Lipinski definition) is 2. The molecule has 1 rings (SSSR count). The number of nitrogens with one attached hydrogen (secondary N) is 1. The number of benzene rings is 1. The van der Waals surface area contributed by atoms with Crippen LogP contribution in [0.1, 0.15) is 37.3 Å². The monoisotopic (exact) mass is 248 g/mol. The Morgan fingerprint density at radius 2 is 1.89 bits per heavy atom. The van der Waals surface area contributed by atoms with Crippen LogP contribution in [-0.4, -0.2) is 12.5 Å². The van der Waals surface area contributed by atoms with E-state index in [1.807, 2.05) is 32.9 Å². The third-order valence-electron chi connectivity index (χ3n) is 3.11. The summed E-state index contributed by atoms with van der Waals surface area (Å²) in [6.07, 6.45) is 2.62. The predicted molar refractivity (Wildman–Crippen MR) is 76.6 cm³/mol. The molecule has 0 saturated heterocycles. The molecule has 1 aromatic carbocycles. The Morgan fingerprint density at radius 3 is 2.39 bits per heavy atom. The van der Waals surface area contributed by atoms with Crippen LogP contribution in [-0.2, 0) is 4.79 Å². The maximum Gasteiger partial charge on any atom is 0.227 e. The molecule has 0 aromatic heterocycles. The second-order valence-corrected chi connectivity index (χ2v) is 4.90. The molecule has 0 bridgehead atoms. The molecule has 3 nitrogen and oxygen atoms in total. The molecule has 0 saturated carbocycles. The Labute approximate surface area is 110 Å². The largest absolute Gasteiger partial charge is 0.330 e. The van der Waals surface area contributed by atoms with Gasteiger partial charge in [-0.15, -0.1) is 0 Å². The molecule has 1 atom stereocenters. The average Bonchev–Trinajstić information content (AvgIpc) is 2.28. The molecule has 100 valence electrons. The van der Waals surface area contributed by atoms with E-state index in [1.54, 1.807) is 0 Å². The number of aryl methyl sites for hydroxylation is 2. The van der Waals surface area contributed by atoms with Crippen molar-refractivity contribution >= 4 is 11.6 Å². The van der Waals surface area contributed by atoms with Gasteiger partial charge in [0.15, 0.2) is 0 Å². The minimum absolute atomic E-state index is 0.0642. The molecule has 0 heterocycles. The van der Waals surface area contributed by atoms with E-state index in [4.69, 9.17) is 5.73 Å². The van der Waals surface area contributed by atoms with Gasteiger partial charge < -0.3 is 11.1 Å². The number of rotatable bonds is 6. The van der Waals surface area contributed by atoms with Crippen LogP contribution in [0.4, 0.5) is 5.69 Å². The van der Waals surface area contributed by atoms with Crippen molar-refractivity contribution in [2.75, 3.05) is 11.9 Å². The van der Waals surface area contributed by atoms with Crippen molar-refractivity contribution in [3.63, 3.8) is 0 Å². The number of hydrogen-bond donors (Lipinski definition) is 2. The van der Waals surface area contributed by atoms with Crippen LogP contribution in [0, 0.1) is 19.8 Å². The van der Waals surface area contributed by atoms with Gasteiger partial charge in [-0.25, -0.2) is 0 Å². The third kappa shape index (κ3) is 4.49. The average molecular weight is 248 g/mol. The first-order valence-corrected chi connectivity index (χ1v) is 6.66. The summed E-state index contributed by atoms with van der Waals surface area (Å²) in [6, 6.07) is 6.10. The van der Waals surface area contributed by atoms with Crippen molar-refractivity contribution in [1.82, 2.24) is 0 Å². The van der Waals surface area contributed by atoms with E-state index < -0.39 is 0 Å². The summed E-state index contributed by atoms with van der Waals surface area (Å²) in [5.74, 6) is 0.172. The lowest BCUT2D eigenvalue weighted by molar-refractivity contribution is -0.120. The lowest BCUT2D eigenvalue weighted by Gasteiger charge is -2.15. The molecule has 1 unspecified atom stereocenters. The van der Waals surface area contributed by atoms with E-state index >= 15 is 0 Å². The highest BCUT2D eigenvalue weighted by atomic mass is 16.1. The smallest absolute Gasteiger partial charge is 0.227 e. The van der Waals surface area contributed by atoms with Crippen molar-refractivity contribution < 1.29 is 4.79 Å². The van der Waals surface area contributed by atoms with Crippen LogP contribution in [0.3, 0.4) is 0 Å². The quantitative estimate of drug-likeness (QED) is 0.813. The van der Waals surface area contributed by atoms with Crippen LogP contribution in [0.15, 0.2) is 18.2 Å². The fraction of sp³-hybridized carbons (Fsp3) is 0.533. The fourth-order valence-electron chi connectivity index (χ4n) is 2.18. The highest BCUT2D eigenvalue weighted by Gasteiger charge is 2.15. The van der Waals surface area contributed by atoms with Crippen molar-refractivity contribution in [2.45, 2.75) is 40.0 Å². The molecule has 1 amide bonds. The molecule has 3 heteroatoms. The molecular formula is C15H24N2O. The van der Waals surface area contributed by atoms with Crippen molar-refractivity contribution in [2.24, 2.45) is 11.7 Å². The highest BCUT2D eigenvalue weighted by molar-refractivity contribution is 5.92. The number of carbonyl (C=O) groups is 1. The van der Waals surface area contributed by atoms with Crippen LogP contribution >= 0.6 is 0 Å². The lowest BCUT2D eigenvalue weighted by atomic mass is 9.99. The van der Waals surface area contributed by atoms with Crippen LogP contribution in [0.5, 0.6) is 0 Å². The summed E-state index contributed by atoms with van der Waals surface area (Å²) in [7, 11) is 0. The maximum absolute atomic E-state index is 12.1. The molecule has 0 spiro atoms. The van der Waals surface area contributed by atoms with Gasteiger partial charge in [-0.2, -0.15) is 0 Å². The highest BCUT2D eigenvalue weighted by Crippen LogP contribution is 2.17. The first-order valence-electron chi connectivity index (χ1n) is 6.66. The molecule has 3 N–H and O–H groups in total. The SMILES string of the molecule is CCC(CCCN)C(=O)Nc1cc(C)cc(C)c1. The number of amides is 1. The first-order chi connectivity index (χ1) is 8.56. The Kier molecular flexibility index (Phi) is 5.86. The molecular weight excluding hydrogens is 224 g/mol. The molecule has 0 fully saturated rings. The molecule has 18 heavy (non-hydrogen) atoms. The van der Waals surface area contributed by atoms with Gasteiger partial charge in [0, 0.05) is 11.6 Å². The standard InChI is InChI=1S/C15H24N2O/c1-4-13(6-5-7-16)15(18)17-14-9-11(2)8-12(3)10-14/h8-10,13H,4-7,16H2,1-3H3,(H,17,18). The van der Waals surface area contributed by atoms with Gasteiger partial charge in [0.25, 0.3) is 0 Å². The zero-order valence-electron chi connectivity index (χ0n) is 11.6. The minimum Gasteiger partial charge on any atom is -0.330 e. The second-order valence-electron chi connectivity index (χ2n) is 4.90. The molecule has 0 aliphatic rings. The van der Waals surface area contributed by atoms with E-state index in [2.05, 4.69) is 11.4 Å². The molecule has 0 aliphatic carbocycles. The summed E-state index contributed by atoms with van der Waals surface area (Å²) in [4.78, 5) is 12.1. The van der Waals surface area contributed by atoms with Crippen molar-refractivity contribution in [3.8, 4) is 0 Å². The van der Waals surface area contributed by atoms with Crippen molar-refractivity contribution in [1.29, 1.82) is 0 Å². The van der Waals surface area contributed by atoms with Crippen LogP contribution in [0.2, 0.25) is 0 Å². The number of anilines is 1. The minimum atomic E-state index is 0.0642. The summed E-state index contributed by atoms with van der Waals surface area (Å²) in [6.45, 7) is 6.76. The number of nitrogens with two attached hydrogens (primary N) is 1. The third-order valence-corrected chi connectivity index (χ3v) is 3.11.